The minimum Gasteiger partial charge on any atom is -0.321 e. The van der Waals surface area contributed by atoms with E-state index in [4.69, 9.17) is 5.26 Å². The van der Waals surface area contributed by atoms with Crippen molar-refractivity contribution in [3.8, 4) is 6.07 Å². The van der Waals surface area contributed by atoms with Crippen LogP contribution in [0.1, 0.15) is 21.6 Å². The predicted molar refractivity (Wildman–Crippen MR) is 85.5 cm³/mol. The van der Waals surface area contributed by atoms with Crippen LogP contribution in [-0.2, 0) is 0 Å². The molecule has 0 saturated carbocycles. The quantitative estimate of drug-likeness (QED) is 0.783. The van der Waals surface area contributed by atoms with E-state index in [-0.39, 0.29) is 11.1 Å². The van der Waals surface area contributed by atoms with Crippen LogP contribution in [0, 0.1) is 24.1 Å². The van der Waals surface area contributed by atoms with E-state index in [2.05, 4.69) is 10.3 Å². The van der Waals surface area contributed by atoms with Crippen molar-refractivity contribution in [2.24, 2.45) is 0 Å². The zero-order valence-corrected chi connectivity index (χ0v) is 12.3. The molecule has 0 aliphatic rings. The second kappa shape index (κ2) is 5.85. The van der Waals surface area contributed by atoms with Crippen molar-refractivity contribution >= 4 is 22.5 Å². The number of hydrogen-bond acceptors (Lipinski definition) is 3. The fourth-order valence-electron chi connectivity index (χ4n) is 2.32. The van der Waals surface area contributed by atoms with Gasteiger partial charge in [0.1, 0.15) is 5.82 Å². The van der Waals surface area contributed by atoms with Crippen LogP contribution in [0.2, 0.25) is 0 Å². The Morgan fingerprint density at radius 3 is 2.78 bits per heavy atom. The zero-order valence-electron chi connectivity index (χ0n) is 12.3. The number of hydrogen-bond donors (Lipinski definition) is 1. The molecule has 112 valence electrons. The minimum absolute atomic E-state index is 0.110. The Bertz CT molecular complexity index is 960. The van der Waals surface area contributed by atoms with E-state index in [9.17, 15) is 9.18 Å². The van der Waals surface area contributed by atoms with E-state index in [0.29, 0.717) is 5.69 Å². The number of fused-ring (bicyclic) bond motifs is 1. The van der Waals surface area contributed by atoms with Crippen LogP contribution in [0.25, 0.3) is 10.9 Å². The SMILES string of the molecule is Cc1ccc2c(NC(=O)c3ccc(C#N)cc3F)cccc2n1. The number of benzene rings is 2. The first-order chi connectivity index (χ1) is 11.1. The molecule has 4 nitrogen and oxygen atoms in total. The fraction of sp³-hybridized carbons (Fsp3) is 0.0556. The summed E-state index contributed by atoms with van der Waals surface area (Å²) in [7, 11) is 0. The van der Waals surface area contributed by atoms with Crippen LogP contribution in [0.5, 0.6) is 0 Å². The molecule has 1 heterocycles. The molecule has 5 heteroatoms. The molecule has 1 N–H and O–H groups in total. The van der Waals surface area contributed by atoms with Gasteiger partial charge in [-0.2, -0.15) is 5.26 Å². The van der Waals surface area contributed by atoms with Gasteiger partial charge in [-0.25, -0.2) is 4.39 Å². The van der Waals surface area contributed by atoms with Gasteiger partial charge >= 0.3 is 0 Å². The summed E-state index contributed by atoms with van der Waals surface area (Å²) in [5, 5.41) is 12.2. The van der Waals surface area contributed by atoms with E-state index in [1.165, 1.54) is 12.1 Å². The number of nitrogens with one attached hydrogen (secondary N) is 1. The van der Waals surface area contributed by atoms with Crippen molar-refractivity contribution in [1.29, 1.82) is 5.26 Å². The predicted octanol–water partition coefficient (Wildman–Crippen LogP) is 3.81. The van der Waals surface area contributed by atoms with Gasteiger partial charge < -0.3 is 5.32 Å². The molecule has 2 aromatic carbocycles. The summed E-state index contributed by atoms with van der Waals surface area (Å²) in [5.41, 5.74) is 2.25. The summed E-state index contributed by atoms with van der Waals surface area (Å²) >= 11 is 0. The highest BCUT2D eigenvalue weighted by molar-refractivity contribution is 6.08. The van der Waals surface area contributed by atoms with Crippen molar-refractivity contribution in [3.63, 3.8) is 0 Å². The number of carbonyl (C=O) groups excluding carboxylic acids is 1. The van der Waals surface area contributed by atoms with Gasteiger partial charge in [-0.05, 0) is 49.4 Å². The molecule has 0 fully saturated rings. The van der Waals surface area contributed by atoms with Gasteiger partial charge in [0.2, 0.25) is 0 Å². The topological polar surface area (TPSA) is 65.8 Å². The Morgan fingerprint density at radius 1 is 1.22 bits per heavy atom. The Morgan fingerprint density at radius 2 is 2.04 bits per heavy atom. The smallest absolute Gasteiger partial charge is 0.258 e. The number of rotatable bonds is 2. The number of carbonyl (C=O) groups is 1. The normalized spacial score (nSPS) is 10.3. The van der Waals surface area contributed by atoms with Crippen molar-refractivity contribution < 1.29 is 9.18 Å². The maximum atomic E-state index is 13.9. The van der Waals surface area contributed by atoms with Crippen molar-refractivity contribution in [2.45, 2.75) is 6.92 Å². The Kier molecular flexibility index (Phi) is 3.73. The molecule has 0 spiro atoms. The van der Waals surface area contributed by atoms with E-state index in [0.717, 1.165) is 22.7 Å². The van der Waals surface area contributed by atoms with Gasteiger partial charge in [0, 0.05) is 11.1 Å². The number of anilines is 1. The zero-order chi connectivity index (χ0) is 16.4. The number of aryl methyl sites for hydroxylation is 1. The minimum atomic E-state index is -0.726. The molecule has 0 aliphatic carbocycles. The van der Waals surface area contributed by atoms with E-state index in [1.54, 1.807) is 12.1 Å². The van der Waals surface area contributed by atoms with Crippen molar-refractivity contribution in [3.05, 3.63) is 71.2 Å². The standard InChI is InChI=1S/C18H12FN3O/c1-11-5-7-14-16(21-11)3-2-4-17(14)22-18(23)13-8-6-12(10-20)9-15(13)19/h2-9H,1H3,(H,22,23). The van der Waals surface area contributed by atoms with Gasteiger partial charge in [-0.1, -0.05) is 6.07 Å². The second-order valence-electron chi connectivity index (χ2n) is 5.09. The largest absolute Gasteiger partial charge is 0.321 e. The molecule has 1 aromatic heterocycles. The van der Waals surface area contributed by atoms with Gasteiger partial charge in [-0.15, -0.1) is 0 Å². The first kappa shape index (κ1) is 14.7. The monoisotopic (exact) mass is 305 g/mol. The van der Waals surface area contributed by atoms with Crippen LogP contribution in [-0.4, -0.2) is 10.9 Å². The summed E-state index contributed by atoms with van der Waals surface area (Å²) < 4.78 is 13.9. The maximum Gasteiger partial charge on any atom is 0.258 e. The highest BCUT2D eigenvalue weighted by Crippen LogP contribution is 2.23. The highest BCUT2D eigenvalue weighted by Gasteiger charge is 2.14. The summed E-state index contributed by atoms with van der Waals surface area (Å²) in [5.74, 6) is -1.30. The van der Waals surface area contributed by atoms with Crippen LogP contribution in [0.15, 0.2) is 48.5 Å². The van der Waals surface area contributed by atoms with Gasteiger partial charge in [0.25, 0.3) is 5.91 Å². The average Bonchev–Trinajstić information content (AvgIpc) is 2.54. The summed E-state index contributed by atoms with van der Waals surface area (Å²) in [6.07, 6.45) is 0. The van der Waals surface area contributed by atoms with Crippen LogP contribution >= 0.6 is 0 Å². The Labute approximate surface area is 132 Å². The third kappa shape index (κ3) is 2.87. The first-order valence-electron chi connectivity index (χ1n) is 6.96. The lowest BCUT2D eigenvalue weighted by Crippen LogP contribution is -2.14. The Hall–Kier alpha value is -3.26. The lowest BCUT2D eigenvalue weighted by atomic mass is 10.1. The summed E-state index contributed by atoms with van der Waals surface area (Å²) in [6, 6.07) is 14.7. The molecule has 3 aromatic rings. The number of halogens is 1. The average molecular weight is 305 g/mol. The highest BCUT2D eigenvalue weighted by atomic mass is 19.1. The molecule has 0 bridgehead atoms. The van der Waals surface area contributed by atoms with E-state index >= 15 is 0 Å². The van der Waals surface area contributed by atoms with Gasteiger partial charge in [0.05, 0.1) is 28.4 Å². The number of nitrogens with zero attached hydrogens (tertiary/aromatic N) is 2. The third-order valence-corrected chi connectivity index (χ3v) is 3.46. The number of amides is 1. The van der Waals surface area contributed by atoms with Crippen molar-refractivity contribution in [1.82, 2.24) is 4.98 Å². The molecule has 0 unspecified atom stereocenters. The first-order valence-corrected chi connectivity index (χ1v) is 6.96. The lowest BCUT2D eigenvalue weighted by molar-refractivity contribution is 0.102. The molecular formula is C18H12FN3O. The van der Waals surface area contributed by atoms with Gasteiger partial charge in [-0.3, -0.25) is 9.78 Å². The van der Waals surface area contributed by atoms with Crippen LogP contribution in [0.4, 0.5) is 10.1 Å². The number of aromatic nitrogens is 1. The molecule has 0 atom stereocenters. The summed E-state index contributed by atoms with van der Waals surface area (Å²) in [4.78, 5) is 16.7. The van der Waals surface area contributed by atoms with E-state index in [1.807, 2.05) is 31.2 Å². The number of nitriles is 1. The lowest BCUT2D eigenvalue weighted by Gasteiger charge is -2.09. The molecule has 0 radical (unpaired) electrons. The van der Waals surface area contributed by atoms with Crippen LogP contribution in [0.3, 0.4) is 0 Å². The molecular weight excluding hydrogens is 293 g/mol. The maximum absolute atomic E-state index is 13.9. The molecule has 23 heavy (non-hydrogen) atoms. The summed E-state index contributed by atoms with van der Waals surface area (Å²) in [6.45, 7) is 1.89. The molecule has 1 amide bonds. The molecule has 0 aliphatic heterocycles. The van der Waals surface area contributed by atoms with Crippen LogP contribution < -0.4 is 5.32 Å². The molecule has 3 rings (SSSR count). The van der Waals surface area contributed by atoms with Gasteiger partial charge in [0.15, 0.2) is 0 Å². The second-order valence-corrected chi connectivity index (χ2v) is 5.09. The van der Waals surface area contributed by atoms with E-state index < -0.39 is 11.7 Å². The van der Waals surface area contributed by atoms with Crippen molar-refractivity contribution in [2.75, 3.05) is 5.32 Å². The Balaban J connectivity index is 1.96. The third-order valence-electron chi connectivity index (χ3n) is 3.46. The molecule has 0 saturated heterocycles. The fourth-order valence-corrected chi connectivity index (χ4v) is 2.32. The number of pyridine rings is 1.